The summed E-state index contributed by atoms with van der Waals surface area (Å²) in [5, 5.41) is 19.7. The van der Waals surface area contributed by atoms with Crippen LogP contribution in [-0.4, -0.2) is 23.0 Å². The van der Waals surface area contributed by atoms with E-state index in [9.17, 15) is 9.59 Å². The van der Waals surface area contributed by atoms with E-state index in [1.807, 2.05) is 6.07 Å². The summed E-state index contributed by atoms with van der Waals surface area (Å²) >= 11 is 3.23. The number of benzene rings is 1. The molecule has 0 aliphatic rings. The summed E-state index contributed by atoms with van der Waals surface area (Å²) in [5.41, 5.74) is 0.368. The van der Waals surface area contributed by atoms with E-state index < -0.39 is 17.9 Å². The molecule has 0 aliphatic heterocycles. The van der Waals surface area contributed by atoms with E-state index in [0.29, 0.717) is 5.56 Å². The number of carboxylic acid groups (broad SMARTS) is 1. The third kappa shape index (κ3) is 4.18. The van der Waals surface area contributed by atoms with Crippen LogP contribution in [0.5, 0.6) is 0 Å². The fourth-order valence-electron chi connectivity index (χ4n) is 1.34. The Bertz CT molecular complexity index is 496. The highest BCUT2D eigenvalue weighted by Crippen LogP contribution is 2.12. The maximum absolute atomic E-state index is 11.8. The van der Waals surface area contributed by atoms with Gasteiger partial charge in [-0.25, -0.2) is 4.79 Å². The summed E-state index contributed by atoms with van der Waals surface area (Å²) in [7, 11) is 0. The fraction of sp³-hybridized carbons (Fsp3) is 0.250. The molecule has 1 aromatic rings. The molecule has 0 unspecified atom stereocenters. The minimum atomic E-state index is -1.14. The Morgan fingerprint density at radius 2 is 2.22 bits per heavy atom. The summed E-state index contributed by atoms with van der Waals surface area (Å²) in [6.45, 7) is 0. The topological polar surface area (TPSA) is 90.2 Å². The van der Waals surface area contributed by atoms with Crippen LogP contribution in [-0.2, 0) is 4.79 Å². The first-order chi connectivity index (χ1) is 8.54. The van der Waals surface area contributed by atoms with Crippen molar-refractivity contribution in [2.75, 3.05) is 0 Å². The Morgan fingerprint density at radius 3 is 2.78 bits per heavy atom. The monoisotopic (exact) mass is 310 g/mol. The van der Waals surface area contributed by atoms with Crippen LogP contribution in [0.4, 0.5) is 0 Å². The van der Waals surface area contributed by atoms with Gasteiger partial charge in [0.05, 0.1) is 6.07 Å². The molecule has 2 N–H and O–H groups in total. The number of hydrogen-bond acceptors (Lipinski definition) is 3. The van der Waals surface area contributed by atoms with Gasteiger partial charge in [0.15, 0.2) is 0 Å². The molecule has 0 spiro atoms. The van der Waals surface area contributed by atoms with E-state index >= 15 is 0 Å². The molecular weight excluding hydrogens is 300 g/mol. The summed E-state index contributed by atoms with van der Waals surface area (Å²) in [6, 6.07) is 7.44. The van der Waals surface area contributed by atoms with Crippen LogP contribution in [0.15, 0.2) is 28.7 Å². The average Bonchev–Trinajstić information content (AvgIpc) is 2.33. The maximum Gasteiger partial charge on any atom is 0.326 e. The molecule has 0 bridgehead atoms. The first-order valence-electron chi connectivity index (χ1n) is 5.20. The van der Waals surface area contributed by atoms with Gasteiger partial charge in [-0.05, 0) is 24.6 Å². The summed E-state index contributed by atoms with van der Waals surface area (Å²) in [6.07, 6.45) is 0.168. The molecule has 94 valence electrons. The lowest BCUT2D eigenvalue weighted by molar-refractivity contribution is -0.139. The van der Waals surface area contributed by atoms with E-state index in [2.05, 4.69) is 21.2 Å². The first kappa shape index (κ1) is 14.2. The number of nitrogens with one attached hydrogen (secondary N) is 1. The number of amides is 1. The number of carbonyl (C=O) groups is 2. The number of halogens is 1. The van der Waals surface area contributed by atoms with Gasteiger partial charge < -0.3 is 10.4 Å². The molecule has 0 saturated carbocycles. The van der Waals surface area contributed by atoms with Crippen molar-refractivity contribution in [1.82, 2.24) is 5.32 Å². The smallest absolute Gasteiger partial charge is 0.326 e. The van der Waals surface area contributed by atoms with Crippen LogP contribution in [0, 0.1) is 11.3 Å². The van der Waals surface area contributed by atoms with Crippen LogP contribution in [0.25, 0.3) is 0 Å². The van der Waals surface area contributed by atoms with Gasteiger partial charge in [0, 0.05) is 16.5 Å². The lowest BCUT2D eigenvalue weighted by Crippen LogP contribution is -2.40. The SMILES string of the molecule is N#CCC[C@@H](NC(=O)c1cccc(Br)c1)C(=O)O. The molecule has 5 nitrogen and oxygen atoms in total. The lowest BCUT2D eigenvalue weighted by Gasteiger charge is -2.13. The summed E-state index contributed by atoms with van der Waals surface area (Å²) in [5.74, 6) is -1.62. The Kier molecular flexibility index (Phi) is 5.33. The van der Waals surface area contributed by atoms with E-state index in [4.69, 9.17) is 10.4 Å². The van der Waals surface area contributed by atoms with Crippen molar-refractivity contribution < 1.29 is 14.7 Å². The van der Waals surface area contributed by atoms with Gasteiger partial charge in [-0.15, -0.1) is 0 Å². The first-order valence-corrected chi connectivity index (χ1v) is 6.00. The number of nitriles is 1. The molecule has 18 heavy (non-hydrogen) atoms. The number of carbonyl (C=O) groups excluding carboxylic acids is 1. The van der Waals surface area contributed by atoms with Crippen molar-refractivity contribution in [3.8, 4) is 6.07 Å². The highest BCUT2D eigenvalue weighted by molar-refractivity contribution is 9.10. The third-order valence-corrected chi connectivity index (χ3v) is 2.73. The van der Waals surface area contributed by atoms with Crippen molar-refractivity contribution in [1.29, 1.82) is 5.26 Å². The predicted octanol–water partition coefficient (Wildman–Crippen LogP) is 1.94. The molecule has 6 heteroatoms. The second kappa shape index (κ2) is 6.77. The average molecular weight is 311 g/mol. The maximum atomic E-state index is 11.8. The van der Waals surface area contributed by atoms with Gasteiger partial charge in [0.25, 0.3) is 5.91 Å². The molecule has 0 fully saturated rings. The molecule has 0 aliphatic carbocycles. The highest BCUT2D eigenvalue weighted by atomic mass is 79.9. The second-order valence-electron chi connectivity index (χ2n) is 3.57. The fourth-order valence-corrected chi connectivity index (χ4v) is 1.74. The summed E-state index contributed by atoms with van der Waals surface area (Å²) in [4.78, 5) is 22.7. The van der Waals surface area contributed by atoms with Gasteiger partial charge in [-0.3, -0.25) is 4.79 Å². The normalized spacial score (nSPS) is 11.3. The molecule has 1 rings (SSSR count). The third-order valence-electron chi connectivity index (χ3n) is 2.24. The van der Waals surface area contributed by atoms with Gasteiger partial charge in [0.2, 0.25) is 0 Å². The number of nitrogens with zero attached hydrogens (tertiary/aromatic N) is 1. The van der Waals surface area contributed by atoms with E-state index in [0.717, 1.165) is 4.47 Å². The highest BCUT2D eigenvalue weighted by Gasteiger charge is 2.20. The van der Waals surface area contributed by atoms with E-state index in [-0.39, 0.29) is 12.8 Å². The van der Waals surface area contributed by atoms with E-state index in [1.54, 1.807) is 24.3 Å². The van der Waals surface area contributed by atoms with Crippen LogP contribution in [0.1, 0.15) is 23.2 Å². The van der Waals surface area contributed by atoms with Gasteiger partial charge in [-0.2, -0.15) is 5.26 Å². The molecule has 0 saturated heterocycles. The Morgan fingerprint density at radius 1 is 1.50 bits per heavy atom. The minimum absolute atomic E-state index is 0.0791. The van der Waals surface area contributed by atoms with Crippen LogP contribution in [0.3, 0.4) is 0 Å². The zero-order chi connectivity index (χ0) is 13.5. The molecule has 1 amide bonds. The second-order valence-corrected chi connectivity index (χ2v) is 4.49. The van der Waals surface area contributed by atoms with E-state index in [1.165, 1.54) is 0 Å². The molecule has 1 aromatic carbocycles. The minimum Gasteiger partial charge on any atom is -0.480 e. The van der Waals surface area contributed by atoms with Gasteiger partial charge in [-0.1, -0.05) is 22.0 Å². The quantitative estimate of drug-likeness (QED) is 0.869. The van der Waals surface area contributed by atoms with Crippen molar-refractivity contribution in [2.24, 2.45) is 0 Å². The Labute approximate surface area is 113 Å². The Hall–Kier alpha value is -1.87. The zero-order valence-corrected chi connectivity index (χ0v) is 11.0. The molecular formula is C12H11BrN2O3. The van der Waals surface area contributed by atoms with Crippen LogP contribution >= 0.6 is 15.9 Å². The lowest BCUT2D eigenvalue weighted by atomic mass is 10.1. The molecule has 1 atom stereocenters. The van der Waals surface area contributed by atoms with Gasteiger partial charge in [0.1, 0.15) is 6.04 Å². The van der Waals surface area contributed by atoms with Gasteiger partial charge >= 0.3 is 5.97 Å². The van der Waals surface area contributed by atoms with Crippen molar-refractivity contribution in [2.45, 2.75) is 18.9 Å². The number of hydrogen-bond donors (Lipinski definition) is 2. The van der Waals surface area contributed by atoms with Crippen molar-refractivity contribution >= 4 is 27.8 Å². The molecule has 0 radical (unpaired) electrons. The van der Waals surface area contributed by atoms with Crippen LogP contribution in [0.2, 0.25) is 0 Å². The van der Waals surface area contributed by atoms with Crippen molar-refractivity contribution in [3.63, 3.8) is 0 Å². The predicted molar refractivity (Wildman–Crippen MR) is 67.9 cm³/mol. The van der Waals surface area contributed by atoms with Crippen molar-refractivity contribution in [3.05, 3.63) is 34.3 Å². The largest absolute Gasteiger partial charge is 0.480 e. The van der Waals surface area contributed by atoms with Crippen LogP contribution < -0.4 is 5.32 Å². The Balaban J connectivity index is 2.73. The summed E-state index contributed by atoms with van der Waals surface area (Å²) < 4.78 is 0.735. The standard InChI is InChI=1S/C12H11BrN2O3/c13-9-4-1-3-8(7-9)11(16)15-10(12(17)18)5-2-6-14/h1,3-4,7,10H,2,5H2,(H,15,16)(H,17,18)/t10-/m1/s1. The molecule has 0 heterocycles. The number of carboxylic acids is 1. The zero-order valence-electron chi connectivity index (χ0n) is 9.39. The number of rotatable bonds is 5. The molecule has 0 aromatic heterocycles. The number of aliphatic carboxylic acids is 1.